The maximum absolute atomic E-state index is 10.7. The summed E-state index contributed by atoms with van der Waals surface area (Å²) in [5.41, 5.74) is 5.70. The van der Waals surface area contributed by atoms with Gasteiger partial charge in [-0.2, -0.15) is 10.5 Å². The van der Waals surface area contributed by atoms with Crippen LogP contribution in [0.2, 0.25) is 0 Å². The smallest absolute Gasteiger partial charge is 0.261 e. The third-order valence-corrected chi connectivity index (χ3v) is 9.52. The highest BCUT2D eigenvalue weighted by Crippen LogP contribution is 2.21. The number of nitrogens with zero attached hydrogens (tertiary/aromatic N) is 11. The van der Waals surface area contributed by atoms with Crippen LogP contribution in [0.1, 0.15) is 46.6 Å². The van der Waals surface area contributed by atoms with Crippen LogP contribution in [0.4, 0.5) is 11.6 Å². The van der Waals surface area contributed by atoms with Gasteiger partial charge in [-0.15, -0.1) is 0 Å². The number of nitrogens with one attached hydrogen (secondary N) is 1. The summed E-state index contributed by atoms with van der Waals surface area (Å²) in [6, 6.07) is 24.2. The van der Waals surface area contributed by atoms with Gasteiger partial charge in [0.05, 0.1) is 84.1 Å². The molecular formula is C46H53ClN12O3S. The molecule has 0 spiro atoms. The summed E-state index contributed by atoms with van der Waals surface area (Å²) in [5.74, 6) is 1.45. The molecule has 2 aromatic heterocycles. The van der Waals surface area contributed by atoms with Gasteiger partial charge in [-0.1, -0.05) is 49.4 Å². The Labute approximate surface area is 377 Å². The Morgan fingerprint density at radius 2 is 1.11 bits per heavy atom. The summed E-state index contributed by atoms with van der Waals surface area (Å²) in [6.07, 6.45) is 9.90. The van der Waals surface area contributed by atoms with Gasteiger partial charge in [0.2, 0.25) is 0 Å². The monoisotopic (exact) mass is 888 g/mol. The molecule has 17 heteroatoms. The molecule has 0 aliphatic heterocycles. The van der Waals surface area contributed by atoms with Crippen LogP contribution in [0.3, 0.4) is 0 Å². The Morgan fingerprint density at radius 1 is 0.714 bits per heavy atom. The lowest BCUT2D eigenvalue weighted by Crippen LogP contribution is -2.29. The van der Waals surface area contributed by atoms with Crippen molar-refractivity contribution in [2.75, 3.05) is 78.3 Å². The molecule has 0 unspecified atom stereocenters. The van der Waals surface area contributed by atoms with Crippen molar-refractivity contribution in [2.45, 2.75) is 19.2 Å². The Hall–Kier alpha value is -7.02. The molecule has 5 rings (SSSR count). The molecule has 5 aromatic rings. The molecular weight excluding hydrogens is 836 g/mol. The number of halogens is 1. The van der Waals surface area contributed by atoms with Crippen LogP contribution in [-0.4, -0.2) is 107 Å². The van der Waals surface area contributed by atoms with Crippen molar-refractivity contribution in [1.29, 1.82) is 10.5 Å². The lowest BCUT2D eigenvalue weighted by Gasteiger charge is -2.20. The fourth-order valence-electron chi connectivity index (χ4n) is 4.71. The Bertz CT molecular complexity index is 2490. The molecule has 328 valence electrons. The minimum atomic E-state index is -3.55. The molecule has 0 saturated carbocycles. The molecule has 3 aromatic carbocycles. The fourth-order valence-corrected chi connectivity index (χ4v) is 5.48. The summed E-state index contributed by atoms with van der Waals surface area (Å²) in [4.78, 5) is 30.5. The largest absolute Gasteiger partial charge is 0.395 e. The first-order valence-corrected chi connectivity index (χ1v) is 21.0. The third-order valence-electron chi connectivity index (χ3n) is 8.15. The second-order valence-electron chi connectivity index (χ2n) is 13.4. The number of anilines is 2. The van der Waals surface area contributed by atoms with Crippen LogP contribution in [0.5, 0.6) is 0 Å². The topological polar surface area (TPSA) is 184 Å². The van der Waals surface area contributed by atoms with E-state index in [1.165, 1.54) is 12.1 Å². The van der Waals surface area contributed by atoms with Gasteiger partial charge < -0.3 is 25.1 Å². The van der Waals surface area contributed by atoms with Crippen LogP contribution in [0, 0.1) is 42.7 Å². The van der Waals surface area contributed by atoms with E-state index < -0.39 is 9.05 Å². The molecule has 15 nitrogen and oxygen atoms in total. The highest BCUT2D eigenvalue weighted by atomic mass is 35.7. The average Bonchev–Trinajstić information content (AvgIpc) is 3.27. The van der Waals surface area contributed by atoms with Crippen molar-refractivity contribution in [3.05, 3.63) is 160 Å². The molecule has 0 bridgehead atoms. The van der Waals surface area contributed by atoms with E-state index in [4.69, 9.17) is 39.5 Å². The molecule has 0 atom stereocenters. The zero-order chi connectivity index (χ0) is 46.1. The first-order valence-electron chi connectivity index (χ1n) is 18.7. The Kier molecular flexibility index (Phi) is 24.4. The van der Waals surface area contributed by atoms with E-state index in [9.17, 15) is 8.42 Å². The third kappa shape index (κ3) is 19.5. The number of aromatic nitrogens is 4. The number of hydrogen-bond acceptors (Lipinski definition) is 13. The van der Waals surface area contributed by atoms with E-state index in [0.717, 1.165) is 35.6 Å². The summed E-state index contributed by atoms with van der Waals surface area (Å²) < 4.78 is 21.4. The van der Waals surface area contributed by atoms with Crippen molar-refractivity contribution in [3.8, 4) is 12.1 Å². The lowest BCUT2D eigenvalue weighted by molar-refractivity contribution is 0.304. The van der Waals surface area contributed by atoms with Gasteiger partial charge in [-0.05, 0) is 94.8 Å². The van der Waals surface area contributed by atoms with Gasteiger partial charge in [-0.25, -0.2) is 28.1 Å². The van der Waals surface area contributed by atoms with Crippen LogP contribution in [-0.2, 0) is 9.05 Å². The molecule has 0 fully saturated rings. The van der Waals surface area contributed by atoms with Gasteiger partial charge in [0, 0.05) is 44.4 Å². The highest BCUT2D eigenvalue weighted by molar-refractivity contribution is 8.13. The number of rotatable bonds is 12. The van der Waals surface area contributed by atoms with E-state index in [1.54, 1.807) is 103 Å². The van der Waals surface area contributed by atoms with Gasteiger partial charge in [0.1, 0.15) is 11.6 Å². The predicted octanol–water partition coefficient (Wildman–Crippen LogP) is 7.35. The van der Waals surface area contributed by atoms with E-state index in [1.807, 2.05) is 60.2 Å². The number of aliphatic hydroxyl groups excluding tert-OH is 1. The Morgan fingerprint density at radius 3 is 1.41 bits per heavy atom. The summed E-state index contributed by atoms with van der Waals surface area (Å²) >= 11 is 0. The van der Waals surface area contributed by atoms with E-state index >= 15 is 0 Å². The van der Waals surface area contributed by atoms with Crippen molar-refractivity contribution in [3.63, 3.8) is 0 Å². The highest BCUT2D eigenvalue weighted by Gasteiger charge is 2.09. The van der Waals surface area contributed by atoms with Crippen molar-refractivity contribution in [1.82, 2.24) is 30.2 Å². The first-order chi connectivity index (χ1) is 29.6. The first kappa shape index (κ1) is 54.0. The minimum absolute atomic E-state index is 0. The molecule has 0 saturated heterocycles. The zero-order valence-electron chi connectivity index (χ0n) is 35.7. The van der Waals surface area contributed by atoms with Gasteiger partial charge in [-0.3, -0.25) is 9.97 Å². The van der Waals surface area contributed by atoms with E-state index in [2.05, 4.69) is 45.9 Å². The van der Waals surface area contributed by atoms with Crippen molar-refractivity contribution in [2.24, 2.45) is 0 Å². The number of benzene rings is 3. The molecule has 2 heterocycles. The van der Waals surface area contributed by atoms with E-state index in [-0.39, 0.29) is 18.9 Å². The van der Waals surface area contributed by atoms with Gasteiger partial charge in [0.15, 0.2) is 11.4 Å². The molecule has 0 amide bonds. The SMILES string of the molecule is C.CNC.Cc1ccc(S(=O)(=O)Cl)cc1.[C-]#[N+]/C(=C\c1cnc(N(C)CCN(C)C)cn1)c1ccc(C#N)cc1.[C-]#[N+]/C(=C\c1cnc(N(C)CCO)cn1)c1ccc(C#N)cc1. The number of hydrogen-bond donors (Lipinski definition) is 2. The number of aryl methyl sites for hydroxylation is 1. The molecule has 0 aliphatic carbocycles. The predicted molar refractivity (Wildman–Crippen MR) is 253 cm³/mol. The summed E-state index contributed by atoms with van der Waals surface area (Å²) in [7, 11) is 13.1. The van der Waals surface area contributed by atoms with Gasteiger partial charge >= 0.3 is 0 Å². The van der Waals surface area contributed by atoms with Crippen molar-refractivity contribution < 1.29 is 13.5 Å². The molecule has 0 radical (unpaired) electrons. The van der Waals surface area contributed by atoms with Crippen LogP contribution in [0.15, 0.2) is 102 Å². The standard InChI is InChI=1S/C19H20N6.C17H15N5O.C7H7ClO2S.C2H7N.CH4/c1-21-18(16-7-5-15(12-20)6-8-16)11-17-13-23-19(14-22-17)25(4)10-9-24(2)3;1-19-16(14-5-3-13(10-18)4-6-14)9-15-11-21-17(12-20-15)22(2)7-8-23;1-6-2-4-7(5-3-6)11(8,9)10;1-3-2;/h5-8,11,13-14H,9-10H2,2-4H3;3-6,9,11-12,23H,7-8H2,2H3;2-5H,1H3;3H,1-2H3;1H4/b18-11-;16-9-;;;. The van der Waals surface area contributed by atoms with Crippen molar-refractivity contribution >= 4 is 54.9 Å². The molecule has 63 heavy (non-hydrogen) atoms. The van der Waals surface area contributed by atoms with Crippen LogP contribution >= 0.6 is 10.7 Å². The lowest BCUT2D eigenvalue weighted by atomic mass is 10.1. The second kappa shape index (κ2) is 28.5. The Balaban J connectivity index is 0.000000482. The molecule has 0 aliphatic rings. The second-order valence-corrected chi connectivity index (χ2v) is 15.9. The number of nitriles is 2. The average molecular weight is 890 g/mol. The molecule has 2 N–H and O–H groups in total. The minimum Gasteiger partial charge on any atom is -0.395 e. The normalized spacial score (nSPS) is 10.6. The van der Waals surface area contributed by atoms with E-state index in [0.29, 0.717) is 46.3 Å². The summed E-state index contributed by atoms with van der Waals surface area (Å²) in [6.45, 7) is 18.9. The van der Waals surface area contributed by atoms with Crippen LogP contribution in [0.25, 0.3) is 33.2 Å². The fraction of sp³-hybridized carbons (Fsp3) is 0.261. The maximum atomic E-state index is 10.7. The number of likely N-dealkylation sites (N-methyl/N-ethyl adjacent to an activating group) is 3. The summed E-state index contributed by atoms with van der Waals surface area (Å²) in [5, 5.41) is 29.3. The van der Waals surface area contributed by atoms with Crippen LogP contribution < -0.4 is 15.1 Å². The van der Waals surface area contributed by atoms with Gasteiger partial charge in [0.25, 0.3) is 9.05 Å². The zero-order valence-corrected chi connectivity index (χ0v) is 37.3. The maximum Gasteiger partial charge on any atom is 0.261 e. The number of aliphatic hydroxyl groups is 1. The quantitative estimate of drug-likeness (QED) is 0.0937.